The Kier molecular flexibility index (Phi) is 5.49. The number of rotatable bonds is 7. The molecule has 0 atom stereocenters. The van der Waals surface area contributed by atoms with E-state index in [0.29, 0.717) is 5.69 Å². The van der Waals surface area contributed by atoms with Crippen LogP contribution in [0.4, 0.5) is 0 Å². The van der Waals surface area contributed by atoms with Crippen LogP contribution < -0.4 is 4.72 Å². The van der Waals surface area contributed by atoms with Gasteiger partial charge in [0.05, 0.1) is 28.5 Å². The second-order valence-corrected chi connectivity index (χ2v) is 7.84. The third-order valence-corrected chi connectivity index (χ3v) is 5.49. The lowest BCUT2D eigenvalue weighted by molar-refractivity contribution is 0.579. The van der Waals surface area contributed by atoms with Gasteiger partial charge < -0.3 is 0 Å². The van der Waals surface area contributed by atoms with Gasteiger partial charge in [-0.2, -0.15) is 5.10 Å². The number of sulfonamides is 1. The quantitative estimate of drug-likeness (QED) is 0.694. The maximum Gasteiger partial charge on any atom is 0.240 e. The number of nitrogens with zero attached hydrogens (tertiary/aromatic N) is 3. The van der Waals surface area contributed by atoms with Crippen LogP contribution in [-0.4, -0.2) is 23.2 Å². The highest BCUT2D eigenvalue weighted by atomic mass is 32.2. The predicted octanol–water partition coefficient (Wildman–Crippen LogP) is 2.91. The SMILES string of the molecule is CCCc1ccc(S(=O)(=O)NCc2cc(-c3ccccn3)n(C)n2)cc1. The first-order valence-electron chi connectivity index (χ1n) is 8.52. The molecule has 6 nitrogen and oxygen atoms in total. The fourth-order valence-corrected chi connectivity index (χ4v) is 3.74. The zero-order valence-corrected chi connectivity index (χ0v) is 15.7. The van der Waals surface area contributed by atoms with Crippen LogP contribution in [0.1, 0.15) is 24.6 Å². The summed E-state index contributed by atoms with van der Waals surface area (Å²) in [6.45, 7) is 2.22. The van der Waals surface area contributed by atoms with Crippen molar-refractivity contribution in [3.05, 3.63) is 66.0 Å². The molecule has 0 amide bonds. The molecular formula is C19H22N4O2S. The minimum atomic E-state index is -3.57. The van der Waals surface area contributed by atoms with E-state index < -0.39 is 10.0 Å². The number of nitrogens with one attached hydrogen (secondary N) is 1. The summed E-state index contributed by atoms with van der Waals surface area (Å²) in [5, 5.41) is 4.37. The topological polar surface area (TPSA) is 76.9 Å². The second kappa shape index (κ2) is 7.80. The maximum atomic E-state index is 12.5. The number of hydrogen-bond donors (Lipinski definition) is 1. The highest BCUT2D eigenvalue weighted by Crippen LogP contribution is 2.17. The van der Waals surface area contributed by atoms with Crippen molar-refractivity contribution in [1.82, 2.24) is 19.5 Å². The van der Waals surface area contributed by atoms with Gasteiger partial charge in [-0.05, 0) is 42.3 Å². The summed E-state index contributed by atoms with van der Waals surface area (Å²) in [5.74, 6) is 0. The van der Waals surface area contributed by atoms with Crippen molar-refractivity contribution in [3.63, 3.8) is 0 Å². The number of benzene rings is 1. The van der Waals surface area contributed by atoms with Crippen LogP contribution in [0.5, 0.6) is 0 Å². The van der Waals surface area contributed by atoms with Crippen molar-refractivity contribution < 1.29 is 8.42 Å². The van der Waals surface area contributed by atoms with E-state index in [0.717, 1.165) is 29.8 Å². The fraction of sp³-hybridized carbons (Fsp3) is 0.263. The van der Waals surface area contributed by atoms with Crippen molar-refractivity contribution in [3.8, 4) is 11.4 Å². The summed E-state index contributed by atoms with van der Waals surface area (Å²) in [5.41, 5.74) is 3.40. The third kappa shape index (κ3) is 4.17. The summed E-state index contributed by atoms with van der Waals surface area (Å²) >= 11 is 0. The van der Waals surface area contributed by atoms with Crippen LogP contribution in [0.3, 0.4) is 0 Å². The Morgan fingerprint density at radius 1 is 1.12 bits per heavy atom. The maximum absolute atomic E-state index is 12.5. The molecule has 0 aliphatic carbocycles. The molecule has 0 unspecified atom stereocenters. The Bertz CT molecular complexity index is 965. The van der Waals surface area contributed by atoms with Crippen LogP contribution in [0.25, 0.3) is 11.4 Å². The van der Waals surface area contributed by atoms with Crippen molar-refractivity contribution in [2.75, 3.05) is 0 Å². The van der Waals surface area contributed by atoms with Crippen molar-refractivity contribution in [2.45, 2.75) is 31.2 Å². The summed E-state index contributed by atoms with van der Waals surface area (Å²) in [6.07, 6.45) is 3.69. The average Bonchev–Trinajstić information content (AvgIpc) is 3.02. The minimum Gasteiger partial charge on any atom is -0.266 e. The molecule has 0 spiro atoms. The van der Waals surface area contributed by atoms with Gasteiger partial charge in [-0.25, -0.2) is 13.1 Å². The molecule has 2 aromatic heterocycles. The van der Waals surface area contributed by atoms with E-state index in [9.17, 15) is 8.42 Å². The monoisotopic (exact) mass is 370 g/mol. The van der Waals surface area contributed by atoms with E-state index in [4.69, 9.17) is 0 Å². The van der Waals surface area contributed by atoms with Gasteiger partial charge in [0, 0.05) is 13.2 Å². The van der Waals surface area contributed by atoms with Gasteiger partial charge >= 0.3 is 0 Å². The molecule has 1 N–H and O–H groups in total. The lowest BCUT2D eigenvalue weighted by Crippen LogP contribution is -2.23. The van der Waals surface area contributed by atoms with Gasteiger partial charge in [0.2, 0.25) is 10.0 Å². The first-order valence-corrected chi connectivity index (χ1v) is 10.0. The van der Waals surface area contributed by atoms with Crippen LogP contribution in [0, 0.1) is 0 Å². The Balaban J connectivity index is 1.72. The summed E-state index contributed by atoms with van der Waals surface area (Å²) < 4.78 is 29.3. The molecule has 0 fully saturated rings. The highest BCUT2D eigenvalue weighted by molar-refractivity contribution is 7.89. The van der Waals surface area contributed by atoms with Gasteiger partial charge in [-0.1, -0.05) is 31.5 Å². The van der Waals surface area contributed by atoms with Crippen molar-refractivity contribution >= 4 is 10.0 Å². The standard InChI is InChI=1S/C19H22N4O2S/c1-3-6-15-8-10-17(11-9-15)26(24,25)21-14-16-13-19(23(2)22-16)18-7-4-5-12-20-18/h4-5,7-13,21H,3,6,14H2,1-2H3. The molecule has 0 saturated carbocycles. The zero-order chi connectivity index (χ0) is 18.6. The van der Waals surface area contributed by atoms with Gasteiger partial charge in [-0.3, -0.25) is 9.67 Å². The van der Waals surface area contributed by atoms with Gasteiger partial charge in [-0.15, -0.1) is 0 Å². The molecule has 26 heavy (non-hydrogen) atoms. The first-order chi connectivity index (χ1) is 12.5. The van der Waals surface area contributed by atoms with E-state index in [1.54, 1.807) is 23.0 Å². The molecule has 136 valence electrons. The Morgan fingerprint density at radius 2 is 1.88 bits per heavy atom. The molecule has 0 aliphatic heterocycles. The number of pyridine rings is 1. The van der Waals surface area contributed by atoms with Crippen molar-refractivity contribution in [2.24, 2.45) is 7.05 Å². The third-order valence-electron chi connectivity index (χ3n) is 4.07. The summed E-state index contributed by atoms with van der Waals surface area (Å²) in [6, 6.07) is 14.5. The Labute approximate surface area is 154 Å². The molecule has 1 aromatic carbocycles. The molecule has 0 aliphatic rings. The molecule has 3 rings (SSSR count). The molecule has 2 heterocycles. The smallest absolute Gasteiger partial charge is 0.240 e. The molecule has 3 aromatic rings. The normalized spacial score (nSPS) is 11.6. The van der Waals surface area contributed by atoms with E-state index in [-0.39, 0.29) is 11.4 Å². The first kappa shape index (κ1) is 18.3. The molecule has 7 heteroatoms. The predicted molar refractivity (Wildman–Crippen MR) is 101 cm³/mol. The molecule has 0 radical (unpaired) electrons. The number of aromatic nitrogens is 3. The fourth-order valence-electron chi connectivity index (χ4n) is 2.74. The van der Waals surface area contributed by atoms with E-state index >= 15 is 0 Å². The molecule has 0 bridgehead atoms. The van der Waals surface area contributed by atoms with Crippen LogP contribution in [-0.2, 0) is 30.0 Å². The van der Waals surface area contributed by atoms with Crippen LogP contribution in [0.2, 0.25) is 0 Å². The Morgan fingerprint density at radius 3 is 2.54 bits per heavy atom. The number of aryl methyl sites for hydroxylation is 2. The van der Waals surface area contributed by atoms with Crippen LogP contribution >= 0.6 is 0 Å². The zero-order valence-electron chi connectivity index (χ0n) is 14.9. The van der Waals surface area contributed by atoms with Gasteiger partial charge in [0.25, 0.3) is 0 Å². The van der Waals surface area contributed by atoms with Crippen LogP contribution in [0.15, 0.2) is 59.6 Å². The van der Waals surface area contributed by atoms with Gasteiger partial charge in [0.15, 0.2) is 0 Å². The number of hydrogen-bond acceptors (Lipinski definition) is 4. The van der Waals surface area contributed by atoms with E-state index in [1.165, 1.54) is 0 Å². The Hall–Kier alpha value is -2.51. The molecule has 0 saturated heterocycles. The largest absolute Gasteiger partial charge is 0.266 e. The summed E-state index contributed by atoms with van der Waals surface area (Å²) in [7, 11) is -1.76. The highest BCUT2D eigenvalue weighted by Gasteiger charge is 2.15. The second-order valence-electron chi connectivity index (χ2n) is 6.08. The van der Waals surface area contributed by atoms with Crippen molar-refractivity contribution in [1.29, 1.82) is 0 Å². The minimum absolute atomic E-state index is 0.125. The lowest BCUT2D eigenvalue weighted by Gasteiger charge is -2.06. The molecular weight excluding hydrogens is 348 g/mol. The van der Waals surface area contributed by atoms with Gasteiger partial charge in [0.1, 0.15) is 0 Å². The summed E-state index contributed by atoms with van der Waals surface area (Å²) in [4.78, 5) is 4.57. The lowest BCUT2D eigenvalue weighted by atomic mass is 10.1. The van der Waals surface area contributed by atoms with E-state index in [1.807, 2.05) is 43.4 Å². The van der Waals surface area contributed by atoms with E-state index in [2.05, 4.69) is 21.7 Å². The average molecular weight is 370 g/mol.